The Hall–Kier alpha value is -4.77. The van der Waals surface area contributed by atoms with Gasteiger partial charge in [-0.3, -0.25) is 19.9 Å². The number of benzene rings is 2. The minimum Gasteiger partial charge on any atom is -0.496 e. The van der Waals surface area contributed by atoms with Crippen molar-refractivity contribution in [2.24, 2.45) is 0 Å². The highest BCUT2D eigenvalue weighted by molar-refractivity contribution is 7.80. The van der Waals surface area contributed by atoms with Gasteiger partial charge in [0.2, 0.25) is 5.91 Å². The smallest absolute Gasteiger partial charge is 0.273 e. The maximum atomic E-state index is 13.0. The first-order valence-corrected chi connectivity index (χ1v) is 12.1. The molecule has 2 atom stereocenters. The number of furan rings is 1. The quantitative estimate of drug-likeness (QED) is 0.187. The van der Waals surface area contributed by atoms with E-state index >= 15 is 0 Å². The zero-order valence-electron chi connectivity index (χ0n) is 20.2. The number of amides is 1. The molecule has 4 aromatic rings. The number of carbonyl (C=O) groups is 1. The third-order valence-electron chi connectivity index (χ3n) is 6.15. The van der Waals surface area contributed by atoms with Crippen LogP contribution in [0.25, 0.3) is 11.3 Å². The van der Waals surface area contributed by atoms with Crippen LogP contribution in [0.1, 0.15) is 23.5 Å². The average molecular weight is 530 g/mol. The zero-order valence-corrected chi connectivity index (χ0v) is 21.1. The first-order chi connectivity index (χ1) is 18.4. The molecule has 0 spiro atoms. The lowest BCUT2D eigenvalue weighted by atomic mass is 10.0. The van der Waals surface area contributed by atoms with Crippen LogP contribution in [0.15, 0.2) is 89.5 Å². The van der Waals surface area contributed by atoms with Gasteiger partial charge in [0.1, 0.15) is 29.9 Å². The number of ether oxygens (including phenoxy) is 1. The number of anilines is 1. The van der Waals surface area contributed by atoms with Gasteiger partial charge in [0.05, 0.1) is 35.4 Å². The number of thiocarbonyl (C=S) groups is 1. The Balaban J connectivity index is 1.48. The second-order valence-electron chi connectivity index (χ2n) is 8.51. The molecule has 0 radical (unpaired) electrons. The fraction of sp³-hybridized carbons (Fsp3) is 0.148. The molecule has 1 aliphatic rings. The summed E-state index contributed by atoms with van der Waals surface area (Å²) in [6.45, 7) is -0.0222. The first kappa shape index (κ1) is 24.9. The third-order valence-corrected chi connectivity index (χ3v) is 6.50. The van der Waals surface area contributed by atoms with Gasteiger partial charge in [-0.15, -0.1) is 0 Å². The van der Waals surface area contributed by atoms with Gasteiger partial charge >= 0.3 is 0 Å². The molecule has 3 heterocycles. The number of nitrogens with one attached hydrogen (secondary N) is 2. The summed E-state index contributed by atoms with van der Waals surface area (Å²) in [6.07, 6.45) is 1.69. The van der Waals surface area contributed by atoms with E-state index in [4.69, 9.17) is 21.4 Å². The number of carbonyl (C=O) groups excluding carboxylic acids is 1. The molecule has 1 aliphatic heterocycles. The van der Waals surface area contributed by atoms with Crippen LogP contribution in [-0.2, 0) is 4.79 Å². The van der Waals surface area contributed by atoms with Crippen LogP contribution in [0.4, 0.5) is 11.4 Å². The zero-order chi connectivity index (χ0) is 26.6. The normalized spacial score (nSPS) is 16.7. The molecule has 2 N–H and O–H groups in total. The van der Waals surface area contributed by atoms with Crippen LogP contribution in [0.3, 0.4) is 0 Å². The summed E-state index contributed by atoms with van der Waals surface area (Å²) < 4.78 is 11.7. The number of non-ortho nitro benzene ring substituents is 1. The van der Waals surface area contributed by atoms with Crippen molar-refractivity contribution in [1.82, 2.24) is 15.2 Å². The van der Waals surface area contributed by atoms with Gasteiger partial charge in [-0.1, -0.05) is 24.3 Å². The minimum absolute atomic E-state index is 0.0222. The summed E-state index contributed by atoms with van der Waals surface area (Å²) >= 11 is 5.64. The Bertz CT molecular complexity index is 1480. The van der Waals surface area contributed by atoms with Crippen LogP contribution in [0, 0.1) is 10.1 Å². The monoisotopic (exact) mass is 529 g/mol. The highest BCUT2D eigenvalue weighted by Gasteiger charge is 2.42. The van der Waals surface area contributed by atoms with E-state index in [1.807, 2.05) is 48.5 Å². The second-order valence-corrected chi connectivity index (χ2v) is 8.90. The van der Waals surface area contributed by atoms with Gasteiger partial charge in [0.25, 0.3) is 5.69 Å². The van der Waals surface area contributed by atoms with Crippen LogP contribution < -0.4 is 15.4 Å². The largest absolute Gasteiger partial charge is 0.496 e. The van der Waals surface area contributed by atoms with E-state index in [2.05, 4.69) is 15.6 Å². The molecule has 0 saturated carbocycles. The average Bonchev–Trinajstić information content (AvgIpc) is 3.54. The molecule has 0 bridgehead atoms. The van der Waals surface area contributed by atoms with Gasteiger partial charge in [-0.05, 0) is 54.7 Å². The molecule has 10 nitrogen and oxygen atoms in total. The standard InChI is InChI=1S/C27H23N5O5S/c1-36-23-15-18(32(34)35)10-11-19(23)21-12-13-22(37-21)26-25(20-9-5-6-14-28-20)30-27(38)31(26)16-24(33)29-17-7-3-2-4-8-17/h2-15,25-26H,16H2,1H3,(H,29,33)(H,30,38)/t25-,26+/m1/s1. The number of nitrogens with zero attached hydrogens (tertiary/aromatic N) is 3. The van der Waals surface area contributed by atoms with Crippen molar-refractivity contribution in [1.29, 1.82) is 0 Å². The Labute approximate surface area is 223 Å². The number of nitro groups is 1. The van der Waals surface area contributed by atoms with Crippen molar-refractivity contribution >= 4 is 34.6 Å². The summed E-state index contributed by atoms with van der Waals surface area (Å²) in [5.41, 5.74) is 1.88. The number of methoxy groups -OCH3 is 1. The molecule has 11 heteroatoms. The lowest BCUT2D eigenvalue weighted by molar-refractivity contribution is -0.384. The molecular formula is C27H23N5O5S. The predicted molar refractivity (Wildman–Crippen MR) is 145 cm³/mol. The molecule has 5 rings (SSSR count). The number of para-hydroxylation sites is 1. The van der Waals surface area contributed by atoms with E-state index in [9.17, 15) is 14.9 Å². The highest BCUT2D eigenvalue weighted by atomic mass is 32.1. The number of rotatable bonds is 8. The highest BCUT2D eigenvalue weighted by Crippen LogP contribution is 2.42. The lowest BCUT2D eigenvalue weighted by Gasteiger charge is -2.25. The van der Waals surface area contributed by atoms with E-state index in [0.717, 1.165) is 5.69 Å². The van der Waals surface area contributed by atoms with Gasteiger partial charge < -0.3 is 24.7 Å². The lowest BCUT2D eigenvalue weighted by Crippen LogP contribution is -2.36. The first-order valence-electron chi connectivity index (χ1n) is 11.7. The third kappa shape index (κ3) is 5.04. The maximum Gasteiger partial charge on any atom is 0.273 e. The van der Waals surface area contributed by atoms with Gasteiger partial charge in [0, 0.05) is 18.0 Å². The van der Waals surface area contributed by atoms with Crippen molar-refractivity contribution in [2.45, 2.75) is 12.1 Å². The molecule has 2 aromatic heterocycles. The number of nitro benzene ring substituents is 1. The minimum atomic E-state index is -0.489. The summed E-state index contributed by atoms with van der Waals surface area (Å²) in [5.74, 6) is 1.06. The van der Waals surface area contributed by atoms with Crippen LogP contribution >= 0.6 is 12.2 Å². The van der Waals surface area contributed by atoms with Crippen LogP contribution in [0.2, 0.25) is 0 Å². The van der Waals surface area contributed by atoms with Crippen molar-refractivity contribution < 1.29 is 18.9 Å². The topological polar surface area (TPSA) is 123 Å². The SMILES string of the molecule is COc1cc([N+](=O)[O-])ccc1-c1ccc([C@H]2[C@@H](c3ccccn3)NC(=S)N2CC(=O)Nc2ccccc2)o1. The Morgan fingerprint density at radius 3 is 2.66 bits per heavy atom. The fourth-order valence-corrected chi connectivity index (χ4v) is 4.72. The summed E-state index contributed by atoms with van der Waals surface area (Å²) in [4.78, 5) is 29.9. The van der Waals surface area contributed by atoms with Gasteiger partial charge in [0.15, 0.2) is 5.11 Å². The van der Waals surface area contributed by atoms with E-state index in [1.165, 1.54) is 19.2 Å². The molecular weight excluding hydrogens is 506 g/mol. The van der Waals surface area contributed by atoms with Crippen molar-refractivity contribution in [3.05, 3.63) is 107 Å². The van der Waals surface area contributed by atoms with E-state index in [1.54, 1.807) is 29.3 Å². The maximum absolute atomic E-state index is 13.0. The van der Waals surface area contributed by atoms with E-state index < -0.39 is 11.0 Å². The molecule has 2 aromatic carbocycles. The van der Waals surface area contributed by atoms with Gasteiger partial charge in [-0.2, -0.15) is 0 Å². The molecule has 38 heavy (non-hydrogen) atoms. The Morgan fingerprint density at radius 1 is 1.16 bits per heavy atom. The van der Waals surface area contributed by atoms with E-state index in [-0.39, 0.29) is 24.2 Å². The molecule has 0 aliphatic carbocycles. The predicted octanol–water partition coefficient (Wildman–Crippen LogP) is 4.87. The van der Waals surface area contributed by atoms with Crippen LogP contribution in [0.5, 0.6) is 5.75 Å². The molecule has 1 amide bonds. The molecule has 0 unspecified atom stereocenters. The summed E-state index contributed by atoms with van der Waals surface area (Å²) in [5, 5.41) is 17.8. The number of hydrogen-bond acceptors (Lipinski definition) is 7. The van der Waals surface area contributed by atoms with E-state index in [0.29, 0.717) is 33.6 Å². The van der Waals surface area contributed by atoms with Crippen molar-refractivity contribution in [2.75, 3.05) is 19.0 Å². The van der Waals surface area contributed by atoms with Crippen LogP contribution in [-0.4, -0.2) is 39.5 Å². The van der Waals surface area contributed by atoms with Crippen molar-refractivity contribution in [3.63, 3.8) is 0 Å². The second kappa shape index (κ2) is 10.7. The molecule has 192 valence electrons. The number of aromatic nitrogens is 1. The van der Waals surface area contributed by atoms with Gasteiger partial charge in [-0.25, -0.2) is 0 Å². The number of hydrogen-bond donors (Lipinski definition) is 2. The number of pyridine rings is 1. The molecule has 1 saturated heterocycles. The Morgan fingerprint density at radius 2 is 1.95 bits per heavy atom. The molecule has 1 fully saturated rings. The summed E-state index contributed by atoms with van der Waals surface area (Å²) in [7, 11) is 1.44. The van der Waals surface area contributed by atoms with Crippen molar-refractivity contribution in [3.8, 4) is 17.1 Å². The summed E-state index contributed by atoms with van der Waals surface area (Å²) in [6, 6.07) is 21.8. The Kier molecular flexibility index (Phi) is 7.00. The fourth-order valence-electron chi connectivity index (χ4n) is 4.42.